The van der Waals surface area contributed by atoms with Crippen LogP contribution in [0, 0.1) is 0 Å². The first-order chi connectivity index (χ1) is 17.1. The maximum absolute atomic E-state index is 11.6. The van der Waals surface area contributed by atoms with Crippen LogP contribution in [0.25, 0.3) is 0 Å². The molecule has 1 aromatic heterocycles. The molecule has 36 heavy (non-hydrogen) atoms. The fraction of sp³-hybridized carbons (Fsp3) is 0.560. The zero-order chi connectivity index (χ0) is 26.3. The minimum absolute atomic E-state index is 0.0104. The number of carboxylic acid groups (broad SMARTS) is 1. The Hall–Kier alpha value is -2.60. The van der Waals surface area contributed by atoms with Crippen molar-refractivity contribution in [2.45, 2.75) is 58.1 Å². The summed E-state index contributed by atoms with van der Waals surface area (Å²) in [6.07, 6.45) is 4.58. The lowest BCUT2D eigenvalue weighted by Crippen LogP contribution is -2.40. The van der Waals surface area contributed by atoms with Gasteiger partial charge in [0.25, 0.3) is 0 Å². The molecule has 11 heteroatoms. The lowest BCUT2D eigenvalue weighted by Gasteiger charge is -2.44. The number of rotatable bonds is 12. The second kappa shape index (κ2) is 12.6. The fourth-order valence-corrected chi connectivity index (χ4v) is 5.93. The standard InChI is InChI=1S/C25H38N4O6S/c1-5-29(21-8-10-36(32,33)11-9-21)23-7-6-18(19(13-24(30)31)16-35-17(2)3)12-22(23)28-20-14-26-25(34-4)27-15-20/h6-7,12,14-15,17,19,21,28,32-33H,5,8-11,13,16H2,1-4H3,(H,30,31)/t19-/m1/s1. The fourth-order valence-electron chi connectivity index (χ4n) is 4.43. The molecule has 0 aliphatic carbocycles. The summed E-state index contributed by atoms with van der Waals surface area (Å²) in [7, 11) is -0.984. The van der Waals surface area contributed by atoms with Gasteiger partial charge in [-0.15, -0.1) is 0 Å². The summed E-state index contributed by atoms with van der Waals surface area (Å²) < 4.78 is 31.0. The monoisotopic (exact) mass is 522 g/mol. The maximum Gasteiger partial charge on any atom is 0.316 e. The van der Waals surface area contributed by atoms with Crippen LogP contribution in [0.2, 0.25) is 0 Å². The zero-order valence-electron chi connectivity index (χ0n) is 21.4. The molecule has 0 bridgehead atoms. The quantitative estimate of drug-likeness (QED) is 0.303. The Balaban J connectivity index is 1.98. The van der Waals surface area contributed by atoms with Crippen molar-refractivity contribution < 1.29 is 28.5 Å². The van der Waals surface area contributed by atoms with E-state index in [9.17, 15) is 19.0 Å². The van der Waals surface area contributed by atoms with Crippen LogP contribution in [0.15, 0.2) is 30.6 Å². The van der Waals surface area contributed by atoms with Crippen molar-refractivity contribution in [3.63, 3.8) is 0 Å². The average Bonchev–Trinajstić information content (AvgIpc) is 2.84. The molecule has 0 spiro atoms. The van der Waals surface area contributed by atoms with Crippen LogP contribution in [-0.4, -0.2) is 74.1 Å². The summed E-state index contributed by atoms with van der Waals surface area (Å²) in [5.74, 6) is -0.404. The summed E-state index contributed by atoms with van der Waals surface area (Å²) in [6.45, 7) is 6.95. The van der Waals surface area contributed by atoms with Gasteiger partial charge in [-0.1, -0.05) is 6.07 Å². The van der Waals surface area contributed by atoms with Gasteiger partial charge in [-0.05, 0) is 51.3 Å². The molecular formula is C25H38N4O6S. The van der Waals surface area contributed by atoms with Gasteiger partial charge in [0.1, 0.15) is 0 Å². The summed E-state index contributed by atoms with van der Waals surface area (Å²) >= 11 is 0. The Bertz CT molecular complexity index is 995. The third-order valence-corrected chi connectivity index (χ3v) is 8.06. The van der Waals surface area contributed by atoms with Gasteiger partial charge >= 0.3 is 12.0 Å². The molecule has 3 rings (SSSR count). The maximum atomic E-state index is 11.6. The smallest absolute Gasteiger partial charge is 0.316 e. The van der Waals surface area contributed by atoms with Gasteiger partial charge in [0.15, 0.2) is 0 Å². The summed E-state index contributed by atoms with van der Waals surface area (Å²) in [4.78, 5) is 22.2. The molecule has 2 aromatic rings. The summed E-state index contributed by atoms with van der Waals surface area (Å²) in [6, 6.07) is 6.35. The molecule has 1 aliphatic rings. The molecule has 2 heterocycles. The first kappa shape index (κ1) is 28.0. The number of hydrogen-bond acceptors (Lipinski definition) is 9. The molecule has 10 nitrogen and oxygen atoms in total. The molecule has 0 unspecified atom stereocenters. The number of aromatic nitrogens is 2. The third-order valence-electron chi connectivity index (χ3n) is 6.28. The van der Waals surface area contributed by atoms with Crippen LogP contribution in [-0.2, 0) is 9.53 Å². The minimum Gasteiger partial charge on any atom is -0.481 e. The van der Waals surface area contributed by atoms with E-state index in [1.807, 2.05) is 32.0 Å². The van der Waals surface area contributed by atoms with E-state index in [1.54, 1.807) is 12.4 Å². The van der Waals surface area contributed by atoms with Crippen LogP contribution < -0.4 is 15.0 Å². The number of nitrogens with one attached hydrogen (secondary N) is 1. The third kappa shape index (κ3) is 7.70. The number of anilines is 3. The van der Waals surface area contributed by atoms with E-state index in [1.165, 1.54) is 7.11 Å². The van der Waals surface area contributed by atoms with Crippen molar-refractivity contribution in [1.29, 1.82) is 0 Å². The Kier molecular flexibility index (Phi) is 9.77. The van der Waals surface area contributed by atoms with E-state index in [2.05, 4.69) is 27.1 Å². The number of ether oxygens (including phenoxy) is 2. The topological polar surface area (TPSA) is 137 Å². The van der Waals surface area contributed by atoms with Crippen LogP contribution in [0.1, 0.15) is 51.5 Å². The number of benzene rings is 1. The molecule has 1 aromatic carbocycles. The molecule has 1 atom stereocenters. The Morgan fingerprint density at radius 1 is 1.22 bits per heavy atom. The van der Waals surface area contributed by atoms with Gasteiger partial charge in [-0.2, -0.15) is 10.6 Å². The molecule has 1 saturated heterocycles. The summed E-state index contributed by atoms with van der Waals surface area (Å²) in [5.41, 5.74) is 3.25. The van der Waals surface area contributed by atoms with Crippen molar-refractivity contribution in [3.8, 4) is 6.01 Å². The Morgan fingerprint density at radius 3 is 2.44 bits per heavy atom. The minimum atomic E-state index is -2.49. The van der Waals surface area contributed by atoms with Crippen LogP contribution in [0.5, 0.6) is 6.01 Å². The van der Waals surface area contributed by atoms with Crippen molar-refractivity contribution in [2.75, 3.05) is 42.0 Å². The van der Waals surface area contributed by atoms with Gasteiger partial charge in [0.05, 0.1) is 55.7 Å². The van der Waals surface area contributed by atoms with Gasteiger partial charge in [0.2, 0.25) is 0 Å². The predicted molar refractivity (Wildman–Crippen MR) is 143 cm³/mol. The van der Waals surface area contributed by atoms with E-state index in [-0.39, 0.29) is 30.5 Å². The number of carboxylic acids is 1. The molecular weight excluding hydrogens is 484 g/mol. The van der Waals surface area contributed by atoms with E-state index in [0.29, 0.717) is 36.6 Å². The number of aliphatic carboxylic acids is 1. The van der Waals surface area contributed by atoms with E-state index in [0.717, 1.165) is 23.5 Å². The highest BCUT2D eigenvalue weighted by atomic mass is 32.3. The van der Waals surface area contributed by atoms with Gasteiger partial charge in [-0.3, -0.25) is 13.9 Å². The predicted octanol–water partition coefficient (Wildman–Crippen LogP) is 4.95. The Morgan fingerprint density at radius 2 is 1.89 bits per heavy atom. The summed E-state index contributed by atoms with van der Waals surface area (Å²) in [5, 5.41) is 12.9. The molecule has 0 saturated carbocycles. The molecule has 0 amide bonds. The lowest BCUT2D eigenvalue weighted by molar-refractivity contribution is -0.138. The van der Waals surface area contributed by atoms with E-state index >= 15 is 0 Å². The first-order valence-corrected chi connectivity index (χ1v) is 14.1. The van der Waals surface area contributed by atoms with E-state index in [4.69, 9.17) is 9.47 Å². The zero-order valence-corrected chi connectivity index (χ0v) is 22.2. The van der Waals surface area contributed by atoms with Crippen LogP contribution in [0.3, 0.4) is 0 Å². The molecule has 0 radical (unpaired) electrons. The van der Waals surface area contributed by atoms with Gasteiger partial charge < -0.3 is 24.8 Å². The highest BCUT2D eigenvalue weighted by Gasteiger charge is 2.29. The number of carbonyl (C=O) groups is 1. The normalized spacial score (nSPS) is 17.4. The van der Waals surface area contributed by atoms with Gasteiger partial charge in [-0.25, -0.2) is 9.97 Å². The number of nitrogens with zero attached hydrogens (tertiary/aromatic N) is 3. The van der Waals surface area contributed by atoms with Crippen molar-refractivity contribution >= 4 is 33.6 Å². The van der Waals surface area contributed by atoms with Crippen molar-refractivity contribution in [1.82, 2.24) is 9.97 Å². The highest BCUT2D eigenvalue weighted by molar-refractivity contribution is 8.24. The molecule has 4 N–H and O–H groups in total. The molecule has 1 fully saturated rings. The Labute approximate surface area is 214 Å². The number of methoxy groups -OCH3 is 1. The largest absolute Gasteiger partial charge is 0.481 e. The number of hydrogen-bond donors (Lipinski definition) is 4. The van der Waals surface area contributed by atoms with Gasteiger partial charge in [0, 0.05) is 30.0 Å². The second-order valence-corrected chi connectivity index (χ2v) is 11.7. The van der Waals surface area contributed by atoms with Crippen LogP contribution >= 0.6 is 10.6 Å². The lowest BCUT2D eigenvalue weighted by atomic mass is 9.95. The highest BCUT2D eigenvalue weighted by Crippen LogP contribution is 2.46. The van der Waals surface area contributed by atoms with Crippen LogP contribution in [0.4, 0.5) is 17.1 Å². The molecule has 1 aliphatic heterocycles. The van der Waals surface area contributed by atoms with Crippen molar-refractivity contribution in [3.05, 3.63) is 36.2 Å². The molecule has 200 valence electrons. The average molecular weight is 523 g/mol. The SMILES string of the molecule is CCN(c1ccc([C@@H](COC(C)C)CC(=O)O)cc1Nc1cnc(OC)nc1)C1CCS(O)(O)CC1. The van der Waals surface area contributed by atoms with E-state index < -0.39 is 16.6 Å². The first-order valence-electron chi connectivity index (χ1n) is 12.2. The second-order valence-electron chi connectivity index (χ2n) is 9.26. The van der Waals surface area contributed by atoms with Crippen molar-refractivity contribution in [2.24, 2.45) is 0 Å².